The summed E-state index contributed by atoms with van der Waals surface area (Å²) in [5.41, 5.74) is -0.743. The second kappa shape index (κ2) is 7.11. The summed E-state index contributed by atoms with van der Waals surface area (Å²) in [6, 6.07) is -0.333. The molecule has 0 fully saturated rings. The minimum absolute atomic E-state index is 0.102. The number of carbonyl (C=O) groups excluding carboxylic acids is 1. The number of likely N-dealkylation sites (N-methyl/N-ethyl adjacent to an activating group) is 1. The van der Waals surface area contributed by atoms with Crippen LogP contribution in [-0.2, 0) is 4.79 Å². The lowest BCUT2D eigenvalue weighted by atomic mass is 10.0. The standard InChI is InChI=1S/C11H23N3O3/c1-5-14(4)7-6-12-10(17)13-11(2,3)8-9(15)16/h5-8H2,1-4H3,(H,15,16)(H2,12,13,17). The third-order valence-electron chi connectivity index (χ3n) is 2.36. The van der Waals surface area contributed by atoms with E-state index in [1.54, 1.807) is 13.8 Å². The number of hydrogen-bond donors (Lipinski definition) is 3. The number of nitrogens with zero attached hydrogens (tertiary/aromatic N) is 1. The average Bonchev–Trinajstić information content (AvgIpc) is 2.14. The van der Waals surface area contributed by atoms with Gasteiger partial charge in [-0.25, -0.2) is 4.79 Å². The maximum atomic E-state index is 11.5. The summed E-state index contributed by atoms with van der Waals surface area (Å²) in [7, 11) is 1.97. The summed E-state index contributed by atoms with van der Waals surface area (Å²) in [4.78, 5) is 24.1. The van der Waals surface area contributed by atoms with E-state index in [0.29, 0.717) is 6.54 Å². The Balaban J connectivity index is 3.89. The fourth-order valence-electron chi connectivity index (χ4n) is 1.29. The van der Waals surface area contributed by atoms with Gasteiger partial charge in [-0.3, -0.25) is 4.79 Å². The van der Waals surface area contributed by atoms with Gasteiger partial charge in [-0.2, -0.15) is 0 Å². The van der Waals surface area contributed by atoms with Gasteiger partial charge in [0.05, 0.1) is 6.42 Å². The van der Waals surface area contributed by atoms with Gasteiger partial charge in [0, 0.05) is 18.6 Å². The molecule has 0 rings (SSSR count). The van der Waals surface area contributed by atoms with Crippen LogP contribution in [-0.4, -0.2) is 54.2 Å². The number of carboxylic acid groups (broad SMARTS) is 1. The predicted molar refractivity (Wildman–Crippen MR) is 66.0 cm³/mol. The van der Waals surface area contributed by atoms with Crippen molar-refractivity contribution in [2.45, 2.75) is 32.7 Å². The highest BCUT2D eigenvalue weighted by atomic mass is 16.4. The van der Waals surface area contributed by atoms with E-state index in [4.69, 9.17) is 5.11 Å². The van der Waals surface area contributed by atoms with E-state index in [9.17, 15) is 9.59 Å². The molecule has 6 heteroatoms. The van der Waals surface area contributed by atoms with Crippen molar-refractivity contribution in [2.24, 2.45) is 0 Å². The molecule has 0 aromatic heterocycles. The zero-order valence-corrected chi connectivity index (χ0v) is 11.0. The Morgan fingerprint density at radius 1 is 1.35 bits per heavy atom. The summed E-state index contributed by atoms with van der Waals surface area (Å²) in [6.45, 7) is 7.63. The molecule has 0 saturated heterocycles. The van der Waals surface area contributed by atoms with E-state index in [0.717, 1.165) is 13.1 Å². The Morgan fingerprint density at radius 2 is 1.94 bits per heavy atom. The van der Waals surface area contributed by atoms with Gasteiger partial charge >= 0.3 is 12.0 Å². The van der Waals surface area contributed by atoms with Crippen LogP contribution in [0.15, 0.2) is 0 Å². The summed E-state index contributed by atoms with van der Waals surface area (Å²) in [5, 5.41) is 14.0. The lowest BCUT2D eigenvalue weighted by molar-refractivity contribution is -0.138. The molecule has 3 N–H and O–H groups in total. The fourth-order valence-corrected chi connectivity index (χ4v) is 1.29. The van der Waals surface area contributed by atoms with E-state index in [1.807, 2.05) is 14.0 Å². The first-order valence-corrected chi connectivity index (χ1v) is 5.73. The molecule has 17 heavy (non-hydrogen) atoms. The second-order valence-electron chi connectivity index (χ2n) is 4.73. The SMILES string of the molecule is CCN(C)CCNC(=O)NC(C)(C)CC(=O)O. The minimum atomic E-state index is -0.930. The maximum Gasteiger partial charge on any atom is 0.315 e. The zero-order chi connectivity index (χ0) is 13.5. The molecule has 6 nitrogen and oxygen atoms in total. The van der Waals surface area contributed by atoms with E-state index in [1.165, 1.54) is 0 Å². The lowest BCUT2D eigenvalue weighted by Gasteiger charge is -2.24. The van der Waals surface area contributed by atoms with Crippen LogP contribution in [0.5, 0.6) is 0 Å². The smallest absolute Gasteiger partial charge is 0.315 e. The highest BCUT2D eigenvalue weighted by Crippen LogP contribution is 2.07. The van der Waals surface area contributed by atoms with Crippen LogP contribution in [0.2, 0.25) is 0 Å². The molecular weight excluding hydrogens is 222 g/mol. The van der Waals surface area contributed by atoms with Crippen molar-refractivity contribution < 1.29 is 14.7 Å². The average molecular weight is 245 g/mol. The van der Waals surface area contributed by atoms with Gasteiger partial charge < -0.3 is 20.6 Å². The van der Waals surface area contributed by atoms with Crippen molar-refractivity contribution in [3.8, 4) is 0 Å². The largest absolute Gasteiger partial charge is 0.481 e. The number of nitrogens with one attached hydrogen (secondary N) is 2. The van der Waals surface area contributed by atoms with Crippen LogP contribution >= 0.6 is 0 Å². The van der Waals surface area contributed by atoms with Gasteiger partial charge in [-0.1, -0.05) is 6.92 Å². The van der Waals surface area contributed by atoms with E-state index in [-0.39, 0.29) is 12.5 Å². The predicted octanol–water partition coefficient (Wildman–Crippen LogP) is 0.491. The molecule has 0 aromatic carbocycles. The Morgan fingerprint density at radius 3 is 2.41 bits per heavy atom. The Labute approximate surface area is 102 Å². The van der Waals surface area contributed by atoms with Gasteiger partial charge in [-0.05, 0) is 27.4 Å². The topological polar surface area (TPSA) is 81.7 Å². The summed E-state index contributed by atoms with van der Waals surface area (Å²) < 4.78 is 0. The van der Waals surface area contributed by atoms with Crippen molar-refractivity contribution >= 4 is 12.0 Å². The van der Waals surface area contributed by atoms with Crippen molar-refractivity contribution in [1.29, 1.82) is 0 Å². The fraction of sp³-hybridized carbons (Fsp3) is 0.818. The lowest BCUT2D eigenvalue weighted by Crippen LogP contribution is -2.50. The molecule has 0 aliphatic heterocycles. The molecule has 0 bridgehead atoms. The molecule has 0 saturated carbocycles. The number of amides is 2. The van der Waals surface area contributed by atoms with Crippen LogP contribution in [0, 0.1) is 0 Å². The summed E-state index contributed by atoms with van der Waals surface area (Å²) >= 11 is 0. The minimum Gasteiger partial charge on any atom is -0.481 e. The van der Waals surface area contributed by atoms with Gasteiger partial charge in [-0.15, -0.1) is 0 Å². The van der Waals surface area contributed by atoms with Crippen LogP contribution in [0.3, 0.4) is 0 Å². The van der Waals surface area contributed by atoms with Gasteiger partial charge in [0.1, 0.15) is 0 Å². The molecule has 0 radical (unpaired) electrons. The second-order valence-corrected chi connectivity index (χ2v) is 4.73. The van der Waals surface area contributed by atoms with E-state index >= 15 is 0 Å². The molecule has 0 aliphatic rings. The zero-order valence-electron chi connectivity index (χ0n) is 11.0. The quantitative estimate of drug-likeness (QED) is 0.609. The molecule has 0 unspecified atom stereocenters. The van der Waals surface area contributed by atoms with Gasteiger partial charge in [0.2, 0.25) is 0 Å². The molecule has 0 spiro atoms. The Kier molecular flexibility index (Phi) is 6.57. The normalized spacial score (nSPS) is 11.4. The maximum absolute atomic E-state index is 11.5. The number of urea groups is 1. The first-order chi connectivity index (χ1) is 7.76. The van der Waals surface area contributed by atoms with Crippen molar-refractivity contribution in [2.75, 3.05) is 26.7 Å². The molecule has 0 aromatic rings. The number of rotatable bonds is 7. The van der Waals surface area contributed by atoms with Gasteiger partial charge in [0.25, 0.3) is 0 Å². The van der Waals surface area contributed by atoms with Crippen LogP contribution in [0.25, 0.3) is 0 Å². The van der Waals surface area contributed by atoms with E-state index in [2.05, 4.69) is 15.5 Å². The van der Waals surface area contributed by atoms with Crippen molar-refractivity contribution in [1.82, 2.24) is 15.5 Å². The molecule has 0 atom stereocenters. The summed E-state index contributed by atoms with van der Waals surface area (Å²) in [6.07, 6.45) is -0.102. The van der Waals surface area contributed by atoms with Crippen molar-refractivity contribution in [3.05, 3.63) is 0 Å². The molecule has 100 valence electrons. The number of hydrogen-bond acceptors (Lipinski definition) is 3. The first-order valence-electron chi connectivity index (χ1n) is 5.73. The van der Waals surface area contributed by atoms with Crippen LogP contribution in [0.4, 0.5) is 4.79 Å². The van der Waals surface area contributed by atoms with E-state index < -0.39 is 11.5 Å². The number of carbonyl (C=O) groups is 2. The highest BCUT2D eigenvalue weighted by Gasteiger charge is 2.23. The van der Waals surface area contributed by atoms with Gasteiger partial charge in [0.15, 0.2) is 0 Å². The summed E-state index contributed by atoms with van der Waals surface area (Å²) in [5.74, 6) is -0.930. The van der Waals surface area contributed by atoms with Crippen LogP contribution in [0.1, 0.15) is 27.2 Å². The Bertz CT molecular complexity index is 267. The van der Waals surface area contributed by atoms with Crippen LogP contribution < -0.4 is 10.6 Å². The molecule has 0 aliphatic carbocycles. The van der Waals surface area contributed by atoms with Crippen molar-refractivity contribution in [3.63, 3.8) is 0 Å². The highest BCUT2D eigenvalue weighted by molar-refractivity contribution is 5.76. The third-order valence-corrected chi connectivity index (χ3v) is 2.36. The Hall–Kier alpha value is -1.30. The monoisotopic (exact) mass is 245 g/mol. The number of carboxylic acids is 1. The number of aliphatic carboxylic acids is 1. The molecular formula is C11H23N3O3. The molecule has 2 amide bonds. The first kappa shape index (κ1) is 15.7. The third kappa shape index (κ3) is 8.50. The molecule has 0 heterocycles.